The van der Waals surface area contributed by atoms with E-state index in [2.05, 4.69) is 134 Å². The minimum absolute atomic E-state index is 0. The maximum Gasteiger partial charge on any atom is 0.139 e. The summed E-state index contributed by atoms with van der Waals surface area (Å²) in [5, 5.41) is 0.995. The first-order valence-corrected chi connectivity index (χ1v) is 17.8. The Morgan fingerprint density at radius 2 is 1.11 bits per heavy atom. The number of rotatable bonds is 8. The van der Waals surface area contributed by atoms with E-state index in [4.69, 9.17) is 4.42 Å². The fourth-order valence-electron chi connectivity index (χ4n) is 6.98. The third kappa shape index (κ3) is 6.94. The van der Waals surface area contributed by atoms with Crippen molar-refractivity contribution >= 4 is 56.2 Å². The van der Waals surface area contributed by atoms with Gasteiger partial charge < -0.3 is 29.0 Å². The molecule has 8 aromatic rings. The van der Waals surface area contributed by atoms with Gasteiger partial charge in [0.1, 0.15) is 5.58 Å². The molecule has 0 saturated heterocycles. The molecule has 0 spiro atoms. The van der Waals surface area contributed by atoms with Crippen LogP contribution in [0.25, 0.3) is 33.3 Å². The average molecular weight is 880 g/mol. The van der Waals surface area contributed by atoms with E-state index in [1.165, 1.54) is 22.7 Å². The van der Waals surface area contributed by atoms with E-state index in [1.54, 1.807) is 12.4 Å². The van der Waals surface area contributed by atoms with Crippen LogP contribution in [0.15, 0.2) is 156 Å². The van der Waals surface area contributed by atoms with Crippen LogP contribution in [-0.2, 0) is 20.1 Å². The van der Waals surface area contributed by atoms with Crippen LogP contribution in [-0.4, -0.2) is 23.1 Å². The molecule has 0 aliphatic carbocycles. The van der Waals surface area contributed by atoms with Crippen molar-refractivity contribution < 1.29 is 24.5 Å². The van der Waals surface area contributed by atoms with Crippen molar-refractivity contribution in [3.05, 3.63) is 183 Å². The Kier molecular flexibility index (Phi) is 10.4. The summed E-state index contributed by atoms with van der Waals surface area (Å²) in [6.07, 6.45) is 5.74. The van der Waals surface area contributed by atoms with Crippen molar-refractivity contribution in [2.24, 2.45) is 0 Å². The smallest absolute Gasteiger partial charge is 0.139 e. The van der Waals surface area contributed by atoms with E-state index in [0.29, 0.717) is 0 Å². The third-order valence-corrected chi connectivity index (χ3v) is 9.47. The van der Waals surface area contributed by atoms with Gasteiger partial charge in [-0.2, -0.15) is 74.0 Å². The van der Waals surface area contributed by atoms with E-state index in [-0.39, 0.29) is 20.1 Å². The van der Waals surface area contributed by atoms with Gasteiger partial charge in [-0.05, 0) is 79.5 Å². The Morgan fingerprint density at radius 1 is 0.537 bits per heavy atom. The van der Waals surface area contributed by atoms with E-state index in [0.717, 1.165) is 70.6 Å². The Hall–Kier alpha value is -5.95. The molecular weight excluding hydrogens is 845 g/mol. The molecule has 0 atom stereocenters. The van der Waals surface area contributed by atoms with E-state index >= 15 is 0 Å². The number of nitrogens with zero attached hydrogens (tertiary/aromatic N) is 6. The average Bonchev–Trinajstić information content (AvgIpc) is 3.93. The Labute approximate surface area is 329 Å². The molecule has 54 heavy (non-hydrogen) atoms. The molecule has 5 heterocycles. The number of unbranched alkanes of at least 4 members (excludes halogenated alkanes) is 1. The van der Waals surface area contributed by atoms with Crippen molar-refractivity contribution in [3.8, 4) is 11.3 Å². The minimum Gasteiger partial charge on any atom is -0.501 e. The summed E-state index contributed by atoms with van der Waals surface area (Å²) in [6, 6.07) is 56.8. The van der Waals surface area contributed by atoms with E-state index in [9.17, 15) is 0 Å². The standard InChI is InChI=1S/C30H26N4.C16H9N2O.Ir/c1-3-13-25(14-4-1)33-23-31(27-17-7-9-19-29(27)33)21-11-12-22-32-24-34(26-15-5-2-6-16-26)30-20-10-8-18-28(30)32;1-2-9-17-13(7-1)11-5-3-6-12-15-14(19-16(11)12)8-4-10-18-15;/h1-10,13,15,17-20,23-24H,11-12,21-22H2;1-4,6-10H;/q-4;-1;. The molecule has 8 heteroatoms. The number of hydrogen-bond donors (Lipinski definition) is 0. The first-order chi connectivity index (χ1) is 26.3. The minimum atomic E-state index is 0. The summed E-state index contributed by atoms with van der Waals surface area (Å²) in [7, 11) is 0. The summed E-state index contributed by atoms with van der Waals surface area (Å²) in [6.45, 7) is 6.37. The molecule has 3 aromatic heterocycles. The molecule has 0 fully saturated rings. The number of furan rings is 1. The number of fused-ring (bicyclic) bond motifs is 5. The SMILES string of the molecule is [Ir].[c-]1ccc2c(oc3cccnc32)c1-c1ccccn1.[c-]1ccccc1N1[CH-]N(CCCCN2[CH-]N(c3[c-]cccc3)c3ccccc32)c2ccccc21. The maximum absolute atomic E-state index is 5.90. The first-order valence-electron chi connectivity index (χ1n) is 17.8. The van der Waals surface area contributed by atoms with Gasteiger partial charge in [-0.1, -0.05) is 42.0 Å². The summed E-state index contributed by atoms with van der Waals surface area (Å²) < 4.78 is 5.90. The van der Waals surface area contributed by atoms with Gasteiger partial charge in [0.2, 0.25) is 0 Å². The largest absolute Gasteiger partial charge is 0.501 e. The van der Waals surface area contributed by atoms with Crippen molar-refractivity contribution in [3.63, 3.8) is 0 Å². The summed E-state index contributed by atoms with van der Waals surface area (Å²) in [4.78, 5) is 17.9. The van der Waals surface area contributed by atoms with Crippen LogP contribution in [0.2, 0.25) is 0 Å². The van der Waals surface area contributed by atoms with Crippen molar-refractivity contribution in [2.45, 2.75) is 12.8 Å². The molecule has 269 valence electrons. The first kappa shape index (κ1) is 35.1. The van der Waals surface area contributed by atoms with Gasteiger partial charge in [0.05, 0.1) is 11.1 Å². The maximum atomic E-state index is 5.90. The molecule has 7 nitrogen and oxygen atoms in total. The summed E-state index contributed by atoms with van der Waals surface area (Å²) >= 11 is 0. The number of aromatic nitrogens is 2. The predicted octanol–water partition coefficient (Wildman–Crippen LogP) is 10.8. The molecule has 2 aliphatic heterocycles. The van der Waals surface area contributed by atoms with Crippen LogP contribution in [0, 0.1) is 31.5 Å². The molecule has 10 rings (SSSR count). The number of pyridine rings is 2. The number of benzene rings is 5. The van der Waals surface area contributed by atoms with Gasteiger partial charge >= 0.3 is 0 Å². The second-order valence-corrected chi connectivity index (χ2v) is 12.8. The normalized spacial score (nSPS) is 13.0. The van der Waals surface area contributed by atoms with Gasteiger partial charge in [0.15, 0.2) is 0 Å². The topological polar surface area (TPSA) is 51.9 Å². The van der Waals surface area contributed by atoms with Crippen LogP contribution in [0.5, 0.6) is 0 Å². The zero-order chi connectivity index (χ0) is 35.4. The van der Waals surface area contributed by atoms with Gasteiger partial charge in [-0.15, -0.1) is 29.6 Å². The second kappa shape index (κ2) is 16.0. The molecule has 0 unspecified atom stereocenters. The fourth-order valence-corrected chi connectivity index (χ4v) is 6.98. The van der Waals surface area contributed by atoms with Crippen LogP contribution in [0.4, 0.5) is 34.1 Å². The van der Waals surface area contributed by atoms with Crippen LogP contribution in [0.3, 0.4) is 0 Å². The van der Waals surface area contributed by atoms with E-state index in [1.807, 2.05) is 66.7 Å². The summed E-state index contributed by atoms with van der Waals surface area (Å²) in [5.74, 6) is 0. The number of anilines is 6. The molecule has 0 amide bonds. The Bertz CT molecular complexity index is 2360. The van der Waals surface area contributed by atoms with Crippen LogP contribution >= 0.6 is 0 Å². The summed E-state index contributed by atoms with van der Waals surface area (Å²) in [5.41, 5.74) is 11.2. The zero-order valence-electron chi connectivity index (χ0n) is 29.3. The third-order valence-electron chi connectivity index (χ3n) is 9.47. The molecular formula is C46H35IrN6O-5. The molecule has 2 aliphatic rings. The van der Waals surface area contributed by atoms with Crippen molar-refractivity contribution in [2.75, 3.05) is 32.7 Å². The molecule has 5 aromatic carbocycles. The van der Waals surface area contributed by atoms with Gasteiger partial charge in [-0.25, -0.2) is 0 Å². The van der Waals surface area contributed by atoms with Crippen LogP contribution in [0.1, 0.15) is 12.8 Å². The zero-order valence-corrected chi connectivity index (χ0v) is 31.7. The van der Waals surface area contributed by atoms with Gasteiger partial charge in [0, 0.05) is 55.2 Å². The molecule has 0 N–H and O–H groups in total. The number of hydrogen-bond acceptors (Lipinski definition) is 7. The quantitative estimate of drug-likeness (QED) is 0.111. The molecule has 0 saturated carbocycles. The van der Waals surface area contributed by atoms with Gasteiger partial charge in [0.25, 0.3) is 0 Å². The Morgan fingerprint density at radius 3 is 1.69 bits per heavy atom. The molecule has 1 radical (unpaired) electrons. The van der Waals surface area contributed by atoms with E-state index < -0.39 is 0 Å². The predicted molar refractivity (Wildman–Crippen MR) is 214 cm³/mol. The van der Waals surface area contributed by atoms with Crippen molar-refractivity contribution in [1.82, 2.24) is 9.97 Å². The number of para-hydroxylation sites is 6. The molecule has 0 bridgehead atoms. The van der Waals surface area contributed by atoms with Gasteiger partial charge in [-0.3, -0.25) is 4.98 Å². The van der Waals surface area contributed by atoms with Crippen molar-refractivity contribution in [1.29, 1.82) is 0 Å². The van der Waals surface area contributed by atoms with Crippen LogP contribution < -0.4 is 19.6 Å². The second-order valence-electron chi connectivity index (χ2n) is 12.8. The fraction of sp³-hybridized carbons (Fsp3) is 0.0870. The Balaban J connectivity index is 0.000000175. The monoisotopic (exact) mass is 880 g/mol.